The third kappa shape index (κ3) is 8.79. The largest absolute Gasteiger partial charge is 0.434 e. The third-order valence-corrected chi connectivity index (χ3v) is 5.18. The molecule has 0 atom stereocenters. The average molecular weight is 554 g/mol. The van der Waals surface area contributed by atoms with Crippen LogP contribution in [0.1, 0.15) is 12.5 Å². The van der Waals surface area contributed by atoms with Crippen molar-refractivity contribution in [1.29, 1.82) is 0 Å². The number of benzene rings is 2. The van der Waals surface area contributed by atoms with Crippen molar-refractivity contribution >= 4 is 40.0 Å². The molecule has 11 heteroatoms. The summed E-state index contributed by atoms with van der Waals surface area (Å²) in [4.78, 5) is 4.53. The van der Waals surface area contributed by atoms with E-state index >= 15 is 0 Å². The van der Waals surface area contributed by atoms with E-state index in [0.29, 0.717) is 18.1 Å². The van der Waals surface area contributed by atoms with Gasteiger partial charge in [0.25, 0.3) is 0 Å². The molecule has 0 fully saturated rings. The lowest BCUT2D eigenvalue weighted by Gasteiger charge is -2.13. The minimum atomic E-state index is -3.58. The number of rotatable bonds is 10. The van der Waals surface area contributed by atoms with Crippen molar-refractivity contribution < 1.29 is 21.9 Å². The number of sulfonamides is 1. The molecular weight excluding hydrogens is 529 g/mol. The molecule has 0 amide bonds. The SMILES string of the molecule is CCNC(=NCc1ccccc1OC(F)F)NCCNS(=O)(=O)c1ccccc1.I. The number of aliphatic imine (C=N–C) groups is 1. The van der Waals surface area contributed by atoms with Gasteiger partial charge in [-0.2, -0.15) is 8.78 Å². The highest BCUT2D eigenvalue weighted by atomic mass is 127. The fraction of sp³-hybridized carbons (Fsp3) is 0.316. The van der Waals surface area contributed by atoms with Gasteiger partial charge in [0, 0.05) is 25.2 Å². The Morgan fingerprint density at radius 3 is 2.37 bits per heavy atom. The first-order valence-corrected chi connectivity index (χ1v) is 10.5. The van der Waals surface area contributed by atoms with E-state index in [0.717, 1.165) is 0 Å². The van der Waals surface area contributed by atoms with E-state index in [2.05, 4.69) is 25.1 Å². The lowest BCUT2D eigenvalue weighted by atomic mass is 10.2. The zero-order valence-corrected chi connectivity index (χ0v) is 19.5. The summed E-state index contributed by atoms with van der Waals surface area (Å²) >= 11 is 0. The van der Waals surface area contributed by atoms with Crippen molar-refractivity contribution in [3.8, 4) is 5.75 Å². The van der Waals surface area contributed by atoms with Crippen LogP contribution in [-0.4, -0.2) is 40.6 Å². The van der Waals surface area contributed by atoms with Crippen molar-refractivity contribution in [2.45, 2.75) is 25.0 Å². The minimum Gasteiger partial charge on any atom is -0.434 e. The molecule has 0 aromatic heterocycles. The number of guanidine groups is 1. The number of hydrogen-bond acceptors (Lipinski definition) is 4. The van der Waals surface area contributed by atoms with Crippen molar-refractivity contribution in [2.75, 3.05) is 19.6 Å². The lowest BCUT2D eigenvalue weighted by molar-refractivity contribution is -0.0504. The van der Waals surface area contributed by atoms with Crippen LogP contribution in [0.25, 0.3) is 0 Å². The van der Waals surface area contributed by atoms with E-state index in [1.54, 1.807) is 36.4 Å². The number of halogens is 3. The van der Waals surface area contributed by atoms with E-state index in [-0.39, 0.29) is 54.3 Å². The Hall–Kier alpha value is -1.99. The second-order valence-corrected chi connectivity index (χ2v) is 7.59. The van der Waals surface area contributed by atoms with Crippen molar-refractivity contribution in [2.24, 2.45) is 4.99 Å². The molecule has 0 aliphatic heterocycles. The zero-order valence-electron chi connectivity index (χ0n) is 16.3. The molecule has 30 heavy (non-hydrogen) atoms. The second-order valence-electron chi connectivity index (χ2n) is 5.82. The highest BCUT2D eigenvalue weighted by Gasteiger charge is 2.12. The first-order chi connectivity index (χ1) is 13.9. The molecule has 2 aromatic rings. The molecule has 7 nitrogen and oxygen atoms in total. The molecule has 166 valence electrons. The van der Waals surface area contributed by atoms with E-state index in [4.69, 9.17) is 0 Å². The summed E-state index contributed by atoms with van der Waals surface area (Å²) in [6, 6.07) is 14.5. The number of nitrogens with zero attached hydrogens (tertiary/aromatic N) is 1. The third-order valence-electron chi connectivity index (χ3n) is 3.70. The fourth-order valence-corrected chi connectivity index (χ4v) is 3.45. The van der Waals surface area contributed by atoms with Crippen LogP contribution in [0.3, 0.4) is 0 Å². The van der Waals surface area contributed by atoms with Gasteiger partial charge in [-0.05, 0) is 25.1 Å². The predicted octanol–water partition coefficient (Wildman–Crippen LogP) is 2.94. The Morgan fingerprint density at radius 1 is 1.03 bits per heavy atom. The normalized spacial score (nSPS) is 11.7. The van der Waals surface area contributed by atoms with Crippen molar-refractivity contribution in [3.05, 3.63) is 60.2 Å². The van der Waals surface area contributed by atoms with Crippen LogP contribution >= 0.6 is 24.0 Å². The summed E-state index contributed by atoms with van der Waals surface area (Å²) < 4.78 is 56.4. The number of alkyl halides is 2. The summed E-state index contributed by atoms with van der Waals surface area (Å²) in [5, 5.41) is 6.01. The van der Waals surface area contributed by atoms with Gasteiger partial charge in [-0.1, -0.05) is 36.4 Å². The van der Waals surface area contributed by atoms with Gasteiger partial charge in [0.05, 0.1) is 11.4 Å². The lowest BCUT2D eigenvalue weighted by Crippen LogP contribution is -2.41. The fourth-order valence-electron chi connectivity index (χ4n) is 2.40. The molecule has 0 aliphatic carbocycles. The quantitative estimate of drug-likeness (QED) is 0.182. The zero-order chi connectivity index (χ0) is 21.1. The van der Waals surface area contributed by atoms with E-state index < -0.39 is 16.6 Å². The first kappa shape index (κ1) is 26.0. The smallest absolute Gasteiger partial charge is 0.387 e. The highest BCUT2D eigenvalue weighted by molar-refractivity contribution is 14.0. The van der Waals surface area contributed by atoms with Gasteiger partial charge < -0.3 is 15.4 Å². The summed E-state index contributed by atoms with van der Waals surface area (Å²) in [6.07, 6.45) is 0. The summed E-state index contributed by atoms with van der Waals surface area (Å²) in [5.41, 5.74) is 0.509. The molecular formula is C19H25F2IN4O3S. The molecule has 3 N–H and O–H groups in total. The number of para-hydroxylation sites is 1. The molecule has 2 rings (SSSR count). The molecule has 0 unspecified atom stereocenters. The topological polar surface area (TPSA) is 91.8 Å². The van der Waals surface area contributed by atoms with Crippen LogP contribution < -0.4 is 20.1 Å². The Balaban J connectivity index is 0.00000450. The molecule has 0 aliphatic rings. The predicted molar refractivity (Wildman–Crippen MR) is 123 cm³/mol. The van der Waals surface area contributed by atoms with E-state index in [1.807, 2.05) is 6.92 Å². The maximum Gasteiger partial charge on any atom is 0.387 e. The number of ether oxygens (including phenoxy) is 1. The van der Waals surface area contributed by atoms with Crippen LogP contribution in [0.2, 0.25) is 0 Å². The van der Waals surface area contributed by atoms with E-state index in [1.165, 1.54) is 18.2 Å². The van der Waals surface area contributed by atoms with Crippen LogP contribution in [-0.2, 0) is 16.6 Å². The van der Waals surface area contributed by atoms with Gasteiger partial charge in [0.2, 0.25) is 10.0 Å². The summed E-state index contributed by atoms with van der Waals surface area (Å²) in [7, 11) is -3.58. The Morgan fingerprint density at radius 2 is 1.70 bits per heavy atom. The summed E-state index contributed by atoms with van der Waals surface area (Å²) in [5.74, 6) is 0.496. The highest BCUT2D eigenvalue weighted by Crippen LogP contribution is 2.20. The van der Waals surface area contributed by atoms with Gasteiger partial charge in [-0.3, -0.25) is 0 Å². The van der Waals surface area contributed by atoms with Gasteiger partial charge in [-0.15, -0.1) is 24.0 Å². The van der Waals surface area contributed by atoms with Crippen LogP contribution in [0, 0.1) is 0 Å². The molecule has 0 bridgehead atoms. The van der Waals surface area contributed by atoms with Gasteiger partial charge in [-0.25, -0.2) is 18.1 Å². The van der Waals surface area contributed by atoms with Crippen molar-refractivity contribution in [1.82, 2.24) is 15.4 Å². The van der Waals surface area contributed by atoms with E-state index in [9.17, 15) is 17.2 Å². The van der Waals surface area contributed by atoms with Crippen LogP contribution in [0.15, 0.2) is 64.5 Å². The second kappa shape index (κ2) is 13.3. The van der Waals surface area contributed by atoms with Gasteiger partial charge >= 0.3 is 6.61 Å². The molecule has 0 saturated heterocycles. The van der Waals surface area contributed by atoms with Gasteiger partial charge in [0.1, 0.15) is 5.75 Å². The number of nitrogens with one attached hydrogen (secondary N) is 3. The average Bonchev–Trinajstić information content (AvgIpc) is 2.70. The maximum absolute atomic E-state index is 12.5. The molecule has 0 saturated carbocycles. The van der Waals surface area contributed by atoms with Crippen molar-refractivity contribution in [3.63, 3.8) is 0 Å². The number of hydrogen-bond donors (Lipinski definition) is 3. The minimum absolute atomic E-state index is 0. The Kier molecular flexibility index (Phi) is 11.6. The molecule has 0 spiro atoms. The monoisotopic (exact) mass is 554 g/mol. The Labute approximate surface area is 192 Å². The van der Waals surface area contributed by atoms with Gasteiger partial charge in [0.15, 0.2) is 5.96 Å². The standard InChI is InChI=1S/C19H24F2N4O3S.HI/c1-2-22-19(24-14-15-8-6-7-11-17(15)28-18(20)21)23-12-13-25-29(26,27)16-9-4-3-5-10-16;/h3-11,18,25H,2,12-14H2,1H3,(H2,22,23,24);1H. The molecule has 0 heterocycles. The maximum atomic E-state index is 12.5. The molecule has 2 aromatic carbocycles. The molecule has 0 radical (unpaired) electrons. The Bertz CT molecular complexity index is 900. The van der Waals surface area contributed by atoms with Crippen LogP contribution in [0.5, 0.6) is 5.75 Å². The first-order valence-electron chi connectivity index (χ1n) is 9.02. The summed E-state index contributed by atoms with van der Waals surface area (Å²) in [6.45, 7) is 0.0948. The van der Waals surface area contributed by atoms with Crippen LogP contribution in [0.4, 0.5) is 8.78 Å².